The highest BCUT2D eigenvalue weighted by Gasteiger charge is 2.22. The Morgan fingerprint density at radius 3 is 2.25 bits per heavy atom. The Bertz CT molecular complexity index is 952. The minimum absolute atomic E-state index is 0.224. The second kappa shape index (κ2) is 7.15. The van der Waals surface area contributed by atoms with Gasteiger partial charge in [-0.2, -0.15) is 5.10 Å². The second-order valence-electron chi connectivity index (χ2n) is 7.53. The number of fused-ring (bicyclic) bond motifs is 1. The van der Waals surface area contributed by atoms with Crippen molar-refractivity contribution in [3.63, 3.8) is 0 Å². The van der Waals surface area contributed by atoms with Gasteiger partial charge in [0, 0.05) is 50.0 Å². The molecule has 2 aliphatic heterocycles. The van der Waals surface area contributed by atoms with E-state index in [1.807, 2.05) is 21.7 Å². The number of aromatic nitrogens is 2. The van der Waals surface area contributed by atoms with E-state index in [-0.39, 0.29) is 5.91 Å². The van der Waals surface area contributed by atoms with Crippen LogP contribution >= 0.6 is 0 Å². The molecule has 1 amide bonds. The van der Waals surface area contributed by atoms with Crippen molar-refractivity contribution in [3.8, 4) is 5.69 Å². The van der Waals surface area contributed by atoms with Crippen molar-refractivity contribution < 1.29 is 4.79 Å². The van der Waals surface area contributed by atoms with Crippen LogP contribution in [-0.4, -0.2) is 35.3 Å². The minimum atomic E-state index is 0.224. The number of rotatable bonds is 3. The van der Waals surface area contributed by atoms with Gasteiger partial charge in [0.25, 0.3) is 0 Å². The summed E-state index contributed by atoms with van der Waals surface area (Å²) in [6.07, 6.45) is 5.74. The molecule has 0 unspecified atom stereocenters. The highest BCUT2D eigenvalue weighted by molar-refractivity contribution is 5.95. The molecule has 5 rings (SSSR count). The van der Waals surface area contributed by atoms with Crippen LogP contribution in [-0.2, 0) is 17.6 Å². The first kappa shape index (κ1) is 17.0. The predicted octanol–water partition coefficient (Wildman–Crippen LogP) is 3.60. The van der Waals surface area contributed by atoms with Crippen molar-refractivity contribution >= 4 is 17.3 Å². The Kier molecular flexibility index (Phi) is 4.35. The van der Waals surface area contributed by atoms with Crippen LogP contribution in [0.1, 0.15) is 24.1 Å². The molecule has 142 valence electrons. The van der Waals surface area contributed by atoms with Gasteiger partial charge in [-0.3, -0.25) is 4.79 Å². The molecule has 1 saturated heterocycles. The Balaban J connectivity index is 1.32. The van der Waals surface area contributed by atoms with Crippen molar-refractivity contribution in [2.24, 2.45) is 0 Å². The molecule has 3 aromatic rings. The Morgan fingerprint density at radius 1 is 0.750 bits per heavy atom. The summed E-state index contributed by atoms with van der Waals surface area (Å²) in [5.41, 5.74) is 5.84. The molecular formula is C23H24N4O. The highest BCUT2D eigenvalue weighted by atomic mass is 16.2. The molecule has 5 nitrogen and oxygen atoms in total. The van der Waals surface area contributed by atoms with Gasteiger partial charge in [0.15, 0.2) is 0 Å². The van der Waals surface area contributed by atoms with Gasteiger partial charge in [0.05, 0.1) is 11.4 Å². The van der Waals surface area contributed by atoms with E-state index >= 15 is 0 Å². The quantitative estimate of drug-likeness (QED) is 0.705. The van der Waals surface area contributed by atoms with E-state index in [1.54, 1.807) is 0 Å². The van der Waals surface area contributed by atoms with Crippen LogP contribution in [0.3, 0.4) is 0 Å². The Hall–Kier alpha value is -3.08. The maximum atomic E-state index is 11.9. The van der Waals surface area contributed by atoms with Crippen LogP contribution in [0, 0.1) is 0 Å². The summed E-state index contributed by atoms with van der Waals surface area (Å²) in [7, 11) is 0. The van der Waals surface area contributed by atoms with E-state index in [2.05, 4.69) is 53.6 Å². The fourth-order valence-corrected chi connectivity index (χ4v) is 4.21. The number of hydrogen-bond donors (Lipinski definition) is 0. The van der Waals surface area contributed by atoms with Gasteiger partial charge >= 0.3 is 0 Å². The van der Waals surface area contributed by atoms with Crippen LogP contribution in [0.2, 0.25) is 0 Å². The number of carbonyl (C=O) groups is 1. The van der Waals surface area contributed by atoms with Crippen molar-refractivity contribution in [2.45, 2.75) is 25.7 Å². The molecule has 0 atom stereocenters. The minimum Gasteiger partial charge on any atom is -0.371 e. The third-order valence-corrected chi connectivity index (χ3v) is 5.77. The fourth-order valence-electron chi connectivity index (χ4n) is 4.21. The number of anilines is 2. The van der Waals surface area contributed by atoms with Crippen molar-refractivity contribution in [3.05, 3.63) is 72.1 Å². The first-order chi connectivity index (χ1) is 13.8. The number of para-hydroxylation sites is 1. The first-order valence-electron chi connectivity index (χ1n) is 10.1. The van der Waals surface area contributed by atoms with E-state index in [4.69, 9.17) is 5.10 Å². The van der Waals surface area contributed by atoms with E-state index in [0.717, 1.165) is 50.3 Å². The average Bonchev–Trinajstić information content (AvgIpc) is 3.30. The van der Waals surface area contributed by atoms with E-state index in [1.165, 1.54) is 16.9 Å². The number of carbonyl (C=O) groups excluding carboxylic acids is 1. The molecule has 0 spiro atoms. The van der Waals surface area contributed by atoms with Crippen LogP contribution in [0.5, 0.6) is 0 Å². The van der Waals surface area contributed by atoms with Crippen LogP contribution < -0.4 is 9.80 Å². The summed E-state index contributed by atoms with van der Waals surface area (Å²) in [6, 6.07) is 18.8. The van der Waals surface area contributed by atoms with Gasteiger partial charge in [-0.1, -0.05) is 18.2 Å². The lowest BCUT2D eigenvalue weighted by molar-refractivity contribution is -0.117. The molecule has 0 saturated carbocycles. The topological polar surface area (TPSA) is 41.4 Å². The molecule has 1 aromatic heterocycles. The van der Waals surface area contributed by atoms with Crippen LogP contribution in [0.25, 0.3) is 5.69 Å². The zero-order valence-electron chi connectivity index (χ0n) is 15.9. The lowest BCUT2D eigenvalue weighted by Gasteiger charge is -2.22. The maximum Gasteiger partial charge on any atom is 0.227 e. The standard InChI is InChI=1S/C23H24N4O/c28-23-7-4-14-26(23)20-8-10-21(11-9-20)27-17-18-12-15-25(16-13-22(18)24-27)19-5-2-1-3-6-19/h1-3,5-6,8-11,17H,4,7,12-16H2. The fraction of sp³-hybridized carbons (Fsp3) is 0.304. The maximum absolute atomic E-state index is 11.9. The molecule has 0 aliphatic carbocycles. The van der Waals surface area contributed by atoms with Crippen LogP contribution in [0.15, 0.2) is 60.8 Å². The molecule has 5 heteroatoms. The zero-order valence-corrected chi connectivity index (χ0v) is 15.9. The van der Waals surface area contributed by atoms with Crippen LogP contribution in [0.4, 0.5) is 11.4 Å². The molecule has 3 heterocycles. The summed E-state index contributed by atoms with van der Waals surface area (Å²) >= 11 is 0. The summed E-state index contributed by atoms with van der Waals surface area (Å²) < 4.78 is 1.98. The Labute approximate surface area is 165 Å². The molecule has 0 bridgehead atoms. The molecule has 0 radical (unpaired) electrons. The lowest BCUT2D eigenvalue weighted by Crippen LogP contribution is -2.26. The largest absolute Gasteiger partial charge is 0.371 e. The normalized spacial score (nSPS) is 16.9. The van der Waals surface area contributed by atoms with Gasteiger partial charge < -0.3 is 9.80 Å². The third kappa shape index (κ3) is 3.17. The zero-order chi connectivity index (χ0) is 18.9. The van der Waals surface area contributed by atoms with Gasteiger partial charge in [-0.25, -0.2) is 4.68 Å². The number of nitrogens with zero attached hydrogens (tertiary/aromatic N) is 4. The van der Waals surface area contributed by atoms with E-state index in [0.29, 0.717) is 6.42 Å². The van der Waals surface area contributed by atoms with Crippen molar-refractivity contribution in [1.29, 1.82) is 0 Å². The SMILES string of the molecule is O=C1CCCN1c1ccc(-n2cc3c(n2)CCN(c2ccccc2)CC3)cc1. The summed E-state index contributed by atoms with van der Waals surface area (Å²) in [5, 5.41) is 4.86. The molecule has 2 aliphatic rings. The van der Waals surface area contributed by atoms with Crippen molar-refractivity contribution in [1.82, 2.24) is 9.78 Å². The lowest BCUT2D eigenvalue weighted by atomic mass is 10.2. The van der Waals surface area contributed by atoms with Gasteiger partial charge in [-0.05, 0) is 54.8 Å². The third-order valence-electron chi connectivity index (χ3n) is 5.77. The first-order valence-corrected chi connectivity index (χ1v) is 10.1. The number of benzene rings is 2. The van der Waals surface area contributed by atoms with Crippen molar-refractivity contribution in [2.75, 3.05) is 29.4 Å². The Morgan fingerprint density at radius 2 is 1.50 bits per heavy atom. The summed E-state index contributed by atoms with van der Waals surface area (Å²) in [6.45, 7) is 2.83. The van der Waals surface area contributed by atoms with Gasteiger partial charge in [0.2, 0.25) is 5.91 Å². The highest BCUT2D eigenvalue weighted by Crippen LogP contribution is 2.24. The second-order valence-corrected chi connectivity index (χ2v) is 7.53. The van der Waals surface area contributed by atoms with E-state index in [9.17, 15) is 4.79 Å². The molecular weight excluding hydrogens is 348 g/mol. The van der Waals surface area contributed by atoms with Gasteiger partial charge in [-0.15, -0.1) is 0 Å². The molecule has 28 heavy (non-hydrogen) atoms. The average molecular weight is 372 g/mol. The molecule has 1 fully saturated rings. The summed E-state index contributed by atoms with van der Waals surface area (Å²) in [4.78, 5) is 16.2. The number of hydrogen-bond acceptors (Lipinski definition) is 3. The molecule has 2 aromatic carbocycles. The predicted molar refractivity (Wildman–Crippen MR) is 111 cm³/mol. The van der Waals surface area contributed by atoms with E-state index < -0.39 is 0 Å². The summed E-state index contributed by atoms with van der Waals surface area (Å²) in [5.74, 6) is 0.224. The smallest absolute Gasteiger partial charge is 0.227 e. The monoisotopic (exact) mass is 372 g/mol. The van der Waals surface area contributed by atoms with Gasteiger partial charge in [0.1, 0.15) is 0 Å². The molecule has 0 N–H and O–H groups in total. The number of amides is 1.